The molecule has 1 aromatic heterocycles. The molecule has 106 valence electrons. The van der Waals surface area contributed by atoms with Gasteiger partial charge in [0.05, 0.1) is 6.26 Å². The van der Waals surface area contributed by atoms with Crippen LogP contribution in [0, 0.1) is 5.92 Å². The third-order valence-electron chi connectivity index (χ3n) is 2.72. The number of amides is 2. The van der Waals surface area contributed by atoms with E-state index in [0.717, 1.165) is 0 Å². The monoisotopic (exact) mass is 267 g/mol. The third-order valence-corrected chi connectivity index (χ3v) is 2.72. The minimum atomic E-state index is -0.619. The van der Waals surface area contributed by atoms with Crippen molar-refractivity contribution in [3.8, 4) is 0 Å². The lowest BCUT2D eigenvalue weighted by Crippen LogP contribution is -2.52. The van der Waals surface area contributed by atoms with Crippen molar-refractivity contribution in [1.82, 2.24) is 10.6 Å². The van der Waals surface area contributed by atoms with Crippen LogP contribution in [-0.2, 0) is 4.79 Å². The average molecular weight is 267 g/mol. The Morgan fingerprint density at radius 1 is 1.32 bits per heavy atom. The molecule has 19 heavy (non-hydrogen) atoms. The molecule has 1 rings (SSSR count). The van der Waals surface area contributed by atoms with Gasteiger partial charge in [-0.15, -0.1) is 0 Å². The highest BCUT2D eigenvalue weighted by Crippen LogP contribution is 2.06. The van der Waals surface area contributed by atoms with Gasteiger partial charge in [-0.1, -0.05) is 13.8 Å². The molecule has 1 heterocycles. The fourth-order valence-corrected chi connectivity index (χ4v) is 1.55. The van der Waals surface area contributed by atoms with E-state index in [9.17, 15) is 9.59 Å². The largest absolute Gasteiger partial charge is 0.459 e. The number of furan rings is 1. The second-order valence-corrected chi connectivity index (χ2v) is 4.82. The lowest BCUT2D eigenvalue weighted by Gasteiger charge is -2.23. The molecule has 6 nitrogen and oxygen atoms in total. The highest BCUT2D eigenvalue weighted by molar-refractivity contribution is 5.95. The van der Waals surface area contributed by atoms with Crippen molar-refractivity contribution in [3.05, 3.63) is 24.2 Å². The van der Waals surface area contributed by atoms with Crippen LogP contribution in [-0.4, -0.2) is 30.4 Å². The highest BCUT2D eigenvalue weighted by atomic mass is 16.3. The standard InChI is InChI=1S/C13H21N3O3/c1-8(2)11(13(18)15-9(3)7-14)16-12(17)10-5-4-6-19-10/h4-6,8-9,11H,7,14H2,1-3H3,(H,15,18)(H,16,17)/t9-,11?/m0/s1. The number of nitrogens with one attached hydrogen (secondary N) is 2. The molecule has 0 radical (unpaired) electrons. The Balaban J connectivity index is 2.68. The number of hydrogen-bond acceptors (Lipinski definition) is 4. The van der Waals surface area contributed by atoms with E-state index in [1.165, 1.54) is 6.26 Å². The Bertz CT molecular complexity index is 415. The topological polar surface area (TPSA) is 97.4 Å². The second kappa shape index (κ2) is 6.94. The summed E-state index contributed by atoms with van der Waals surface area (Å²) in [7, 11) is 0. The molecule has 0 aromatic carbocycles. The summed E-state index contributed by atoms with van der Waals surface area (Å²) in [6, 6.07) is 2.42. The van der Waals surface area contributed by atoms with E-state index in [4.69, 9.17) is 10.2 Å². The first-order chi connectivity index (χ1) is 8.95. The van der Waals surface area contributed by atoms with Gasteiger partial charge in [-0.05, 0) is 25.0 Å². The third kappa shape index (κ3) is 4.40. The van der Waals surface area contributed by atoms with Gasteiger partial charge in [-0.2, -0.15) is 0 Å². The van der Waals surface area contributed by atoms with E-state index >= 15 is 0 Å². The lowest BCUT2D eigenvalue weighted by molar-refractivity contribution is -0.124. The maximum Gasteiger partial charge on any atom is 0.287 e. The predicted molar refractivity (Wildman–Crippen MR) is 71.5 cm³/mol. The number of carbonyl (C=O) groups excluding carboxylic acids is 2. The van der Waals surface area contributed by atoms with Crippen molar-refractivity contribution in [2.75, 3.05) is 6.54 Å². The summed E-state index contributed by atoms with van der Waals surface area (Å²) in [5.74, 6) is -0.499. The zero-order valence-electron chi connectivity index (χ0n) is 11.5. The summed E-state index contributed by atoms with van der Waals surface area (Å²) < 4.78 is 4.99. The molecule has 0 aliphatic carbocycles. The van der Waals surface area contributed by atoms with Crippen LogP contribution in [0.1, 0.15) is 31.3 Å². The molecule has 0 saturated heterocycles. The lowest BCUT2D eigenvalue weighted by atomic mass is 10.0. The van der Waals surface area contributed by atoms with Gasteiger partial charge in [0.15, 0.2) is 5.76 Å². The van der Waals surface area contributed by atoms with Crippen LogP contribution >= 0.6 is 0 Å². The van der Waals surface area contributed by atoms with Gasteiger partial charge in [-0.3, -0.25) is 9.59 Å². The molecular formula is C13H21N3O3. The zero-order chi connectivity index (χ0) is 14.4. The van der Waals surface area contributed by atoms with Crippen LogP contribution in [0.2, 0.25) is 0 Å². The van der Waals surface area contributed by atoms with Gasteiger partial charge in [0.2, 0.25) is 5.91 Å². The van der Waals surface area contributed by atoms with Crippen molar-refractivity contribution in [1.29, 1.82) is 0 Å². The predicted octanol–water partition coefficient (Wildman–Crippen LogP) is 0.497. The fourth-order valence-electron chi connectivity index (χ4n) is 1.55. The van der Waals surface area contributed by atoms with Gasteiger partial charge < -0.3 is 20.8 Å². The first-order valence-electron chi connectivity index (χ1n) is 6.30. The Hall–Kier alpha value is -1.82. The summed E-state index contributed by atoms with van der Waals surface area (Å²) in [5.41, 5.74) is 5.46. The van der Waals surface area contributed by atoms with Gasteiger partial charge in [-0.25, -0.2) is 0 Å². The van der Waals surface area contributed by atoms with E-state index in [1.54, 1.807) is 12.1 Å². The number of hydrogen-bond donors (Lipinski definition) is 3. The summed E-state index contributed by atoms with van der Waals surface area (Å²) in [6.07, 6.45) is 1.41. The van der Waals surface area contributed by atoms with Crippen molar-refractivity contribution in [2.24, 2.45) is 11.7 Å². The molecule has 1 unspecified atom stereocenters. The first-order valence-corrected chi connectivity index (χ1v) is 6.30. The summed E-state index contributed by atoms with van der Waals surface area (Å²) >= 11 is 0. The maximum absolute atomic E-state index is 12.0. The van der Waals surface area contributed by atoms with E-state index in [1.807, 2.05) is 20.8 Å². The van der Waals surface area contributed by atoms with E-state index < -0.39 is 11.9 Å². The van der Waals surface area contributed by atoms with E-state index in [2.05, 4.69) is 10.6 Å². The molecule has 0 spiro atoms. The molecule has 0 saturated carbocycles. The van der Waals surface area contributed by atoms with Crippen molar-refractivity contribution < 1.29 is 14.0 Å². The van der Waals surface area contributed by atoms with E-state index in [0.29, 0.717) is 6.54 Å². The smallest absolute Gasteiger partial charge is 0.287 e. The van der Waals surface area contributed by atoms with Crippen molar-refractivity contribution in [2.45, 2.75) is 32.9 Å². The van der Waals surface area contributed by atoms with Gasteiger partial charge in [0.1, 0.15) is 6.04 Å². The second-order valence-electron chi connectivity index (χ2n) is 4.82. The van der Waals surface area contributed by atoms with Crippen LogP contribution in [0.3, 0.4) is 0 Å². The van der Waals surface area contributed by atoms with Crippen LogP contribution < -0.4 is 16.4 Å². The Morgan fingerprint density at radius 3 is 2.47 bits per heavy atom. The molecule has 0 aliphatic rings. The normalized spacial score (nSPS) is 13.9. The molecule has 0 aliphatic heterocycles. The van der Waals surface area contributed by atoms with Crippen LogP contribution in [0.4, 0.5) is 0 Å². The Kier molecular flexibility index (Phi) is 5.57. The Labute approximate surface area is 112 Å². The summed E-state index contributed by atoms with van der Waals surface area (Å²) in [4.78, 5) is 23.9. The first kappa shape index (κ1) is 15.2. The average Bonchev–Trinajstić information content (AvgIpc) is 2.88. The van der Waals surface area contributed by atoms with Crippen molar-refractivity contribution >= 4 is 11.8 Å². The minimum Gasteiger partial charge on any atom is -0.459 e. The summed E-state index contributed by atoms with van der Waals surface area (Å²) in [5, 5.41) is 5.41. The van der Waals surface area contributed by atoms with E-state index in [-0.39, 0.29) is 23.6 Å². The highest BCUT2D eigenvalue weighted by Gasteiger charge is 2.26. The quantitative estimate of drug-likeness (QED) is 0.699. The molecule has 0 fully saturated rings. The van der Waals surface area contributed by atoms with Crippen molar-refractivity contribution in [3.63, 3.8) is 0 Å². The minimum absolute atomic E-state index is 0.0381. The number of rotatable bonds is 6. The molecule has 6 heteroatoms. The molecular weight excluding hydrogens is 246 g/mol. The van der Waals surface area contributed by atoms with Crippen LogP contribution in [0.5, 0.6) is 0 Å². The number of carbonyl (C=O) groups is 2. The molecule has 4 N–H and O–H groups in total. The zero-order valence-corrected chi connectivity index (χ0v) is 11.5. The maximum atomic E-state index is 12.0. The molecule has 1 aromatic rings. The van der Waals surface area contributed by atoms with Crippen LogP contribution in [0.25, 0.3) is 0 Å². The molecule has 0 bridgehead atoms. The van der Waals surface area contributed by atoms with Crippen LogP contribution in [0.15, 0.2) is 22.8 Å². The van der Waals surface area contributed by atoms with Gasteiger partial charge >= 0.3 is 0 Å². The fraction of sp³-hybridized carbons (Fsp3) is 0.538. The Morgan fingerprint density at radius 2 is 2.00 bits per heavy atom. The summed E-state index contributed by atoms with van der Waals surface area (Å²) in [6.45, 7) is 5.88. The molecule has 2 atom stereocenters. The molecule has 2 amide bonds. The van der Waals surface area contributed by atoms with Gasteiger partial charge in [0.25, 0.3) is 5.91 Å². The van der Waals surface area contributed by atoms with Gasteiger partial charge in [0, 0.05) is 12.6 Å². The SMILES string of the molecule is CC(C)C(NC(=O)c1ccco1)C(=O)N[C@@H](C)CN. The number of nitrogens with two attached hydrogens (primary N) is 1.